The molecule has 21 heavy (non-hydrogen) atoms. The molecule has 0 aromatic rings. The second kappa shape index (κ2) is 5.90. The number of hydrogen-bond acceptors (Lipinski definition) is 3. The van der Waals surface area contributed by atoms with Gasteiger partial charge < -0.3 is 5.32 Å². The van der Waals surface area contributed by atoms with Crippen LogP contribution in [0.5, 0.6) is 0 Å². The van der Waals surface area contributed by atoms with Crippen molar-refractivity contribution in [1.82, 2.24) is 5.32 Å². The summed E-state index contributed by atoms with van der Waals surface area (Å²) in [6.07, 6.45) is 10.3. The first-order chi connectivity index (χ1) is 9.91. The molecule has 0 unspecified atom stereocenters. The zero-order valence-electron chi connectivity index (χ0n) is 12.9. The Bertz CT molecular complexity index is 494. The summed E-state index contributed by atoms with van der Waals surface area (Å²) in [6, 6.07) is 0.189. The van der Waals surface area contributed by atoms with Crippen molar-refractivity contribution in [2.75, 3.05) is 6.26 Å². The van der Waals surface area contributed by atoms with E-state index < -0.39 is 9.84 Å². The van der Waals surface area contributed by atoms with Gasteiger partial charge in [0.25, 0.3) is 0 Å². The van der Waals surface area contributed by atoms with Crippen molar-refractivity contribution < 1.29 is 13.2 Å². The quantitative estimate of drug-likeness (QED) is 0.866. The van der Waals surface area contributed by atoms with Crippen LogP contribution in [0.15, 0.2) is 0 Å². The van der Waals surface area contributed by atoms with Crippen LogP contribution in [0, 0.1) is 17.8 Å². The van der Waals surface area contributed by atoms with Crippen molar-refractivity contribution in [1.29, 1.82) is 0 Å². The number of fused-ring (bicyclic) bond motifs is 2. The Labute approximate surface area is 128 Å². The van der Waals surface area contributed by atoms with Gasteiger partial charge in [0, 0.05) is 18.7 Å². The summed E-state index contributed by atoms with van der Waals surface area (Å²) in [5.74, 6) is 2.48. The number of carbonyl (C=O) groups excluding carboxylic acids is 1. The molecule has 1 amide bonds. The molecule has 0 spiro atoms. The van der Waals surface area contributed by atoms with E-state index in [2.05, 4.69) is 5.32 Å². The lowest BCUT2D eigenvalue weighted by molar-refractivity contribution is -0.123. The molecule has 3 aliphatic rings. The minimum atomic E-state index is -2.91. The van der Waals surface area contributed by atoms with E-state index in [1.54, 1.807) is 0 Å². The maximum absolute atomic E-state index is 12.2. The summed E-state index contributed by atoms with van der Waals surface area (Å²) in [7, 11) is -2.91. The summed E-state index contributed by atoms with van der Waals surface area (Å²) >= 11 is 0. The second-order valence-electron chi connectivity index (χ2n) is 7.51. The number of amides is 1. The lowest BCUT2D eigenvalue weighted by Gasteiger charge is -2.29. The number of sulfone groups is 1. The van der Waals surface area contributed by atoms with Crippen LogP contribution in [0.25, 0.3) is 0 Å². The SMILES string of the molecule is CS(=O)(=O)C1CCC(NC(=O)C[C@H]2C[C@H]3CC[C@H]2C3)CC1. The van der Waals surface area contributed by atoms with Gasteiger partial charge in [-0.3, -0.25) is 4.79 Å². The summed E-state index contributed by atoms with van der Waals surface area (Å²) in [4.78, 5) is 12.2. The van der Waals surface area contributed by atoms with Crippen molar-refractivity contribution >= 4 is 15.7 Å². The van der Waals surface area contributed by atoms with Gasteiger partial charge in [0.1, 0.15) is 9.84 Å². The predicted octanol–water partition coefficient (Wildman–Crippen LogP) is 2.28. The largest absolute Gasteiger partial charge is 0.353 e. The molecule has 3 atom stereocenters. The first kappa shape index (κ1) is 15.3. The molecule has 4 nitrogen and oxygen atoms in total. The maximum atomic E-state index is 12.2. The maximum Gasteiger partial charge on any atom is 0.220 e. The van der Waals surface area contributed by atoms with Gasteiger partial charge in [-0.25, -0.2) is 8.42 Å². The molecule has 0 radical (unpaired) electrons. The van der Waals surface area contributed by atoms with Crippen LogP contribution >= 0.6 is 0 Å². The highest BCUT2D eigenvalue weighted by atomic mass is 32.2. The molecule has 3 saturated carbocycles. The molecule has 1 N–H and O–H groups in total. The van der Waals surface area contributed by atoms with Crippen LogP contribution in [0.4, 0.5) is 0 Å². The third-order valence-electron chi connectivity index (χ3n) is 5.98. The molecule has 0 aromatic heterocycles. The molecule has 0 heterocycles. The van der Waals surface area contributed by atoms with Crippen LogP contribution in [0.2, 0.25) is 0 Å². The Kier molecular flexibility index (Phi) is 4.30. The lowest BCUT2D eigenvalue weighted by Crippen LogP contribution is -2.40. The summed E-state index contributed by atoms with van der Waals surface area (Å²) in [5, 5.41) is 2.95. The smallest absolute Gasteiger partial charge is 0.220 e. The van der Waals surface area contributed by atoms with Crippen molar-refractivity contribution in [2.24, 2.45) is 17.8 Å². The zero-order chi connectivity index (χ0) is 15.0. The third-order valence-corrected chi connectivity index (χ3v) is 7.66. The van der Waals surface area contributed by atoms with Crippen molar-refractivity contribution in [3.05, 3.63) is 0 Å². The lowest BCUT2D eigenvalue weighted by atomic mass is 9.86. The van der Waals surface area contributed by atoms with Crippen molar-refractivity contribution in [3.63, 3.8) is 0 Å². The molecule has 120 valence electrons. The number of nitrogens with one attached hydrogen (secondary N) is 1. The van der Waals surface area contributed by atoms with Gasteiger partial charge in [-0.2, -0.15) is 0 Å². The molecular formula is C16H27NO3S. The second-order valence-corrected chi connectivity index (χ2v) is 9.84. The molecule has 3 rings (SSSR count). The number of rotatable bonds is 4. The number of hydrogen-bond donors (Lipinski definition) is 1. The van der Waals surface area contributed by atoms with Crippen LogP contribution < -0.4 is 5.32 Å². The van der Waals surface area contributed by atoms with E-state index in [0.29, 0.717) is 25.2 Å². The Balaban J connectivity index is 1.42. The average molecular weight is 313 g/mol. The molecule has 2 bridgehead atoms. The first-order valence-corrected chi connectivity index (χ1v) is 10.4. The molecule has 0 saturated heterocycles. The van der Waals surface area contributed by atoms with Gasteiger partial charge in [-0.1, -0.05) is 6.42 Å². The Morgan fingerprint density at radius 3 is 2.29 bits per heavy atom. The average Bonchev–Trinajstić information content (AvgIpc) is 3.00. The van der Waals surface area contributed by atoms with Crippen LogP contribution in [-0.4, -0.2) is 31.9 Å². The van der Waals surface area contributed by atoms with E-state index in [1.165, 1.54) is 31.9 Å². The molecule has 0 aliphatic heterocycles. The fraction of sp³-hybridized carbons (Fsp3) is 0.938. The van der Waals surface area contributed by atoms with E-state index in [1.807, 2.05) is 0 Å². The predicted molar refractivity (Wildman–Crippen MR) is 82.6 cm³/mol. The summed E-state index contributed by atoms with van der Waals surface area (Å²) < 4.78 is 23.1. The molecule has 5 heteroatoms. The topological polar surface area (TPSA) is 63.2 Å². The van der Waals surface area contributed by atoms with Gasteiger partial charge in [0.2, 0.25) is 5.91 Å². The van der Waals surface area contributed by atoms with E-state index in [9.17, 15) is 13.2 Å². The Hall–Kier alpha value is -0.580. The fourth-order valence-electron chi connectivity index (χ4n) is 4.79. The zero-order valence-corrected chi connectivity index (χ0v) is 13.7. The van der Waals surface area contributed by atoms with Crippen LogP contribution in [-0.2, 0) is 14.6 Å². The highest BCUT2D eigenvalue weighted by molar-refractivity contribution is 7.91. The fourth-order valence-corrected chi connectivity index (χ4v) is 5.91. The summed E-state index contributed by atoms with van der Waals surface area (Å²) in [6.45, 7) is 0. The molecule has 0 aromatic carbocycles. The highest BCUT2D eigenvalue weighted by Crippen LogP contribution is 2.49. The van der Waals surface area contributed by atoms with Crippen LogP contribution in [0.1, 0.15) is 57.8 Å². The summed E-state index contributed by atoms with van der Waals surface area (Å²) in [5.41, 5.74) is 0. The van der Waals surface area contributed by atoms with Crippen LogP contribution in [0.3, 0.4) is 0 Å². The first-order valence-electron chi connectivity index (χ1n) is 8.40. The van der Waals surface area contributed by atoms with E-state index in [0.717, 1.165) is 24.7 Å². The van der Waals surface area contributed by atoms with Gasteiger partial charge in [-0.05, 0) is 62.7 Å². The highest BCUT2D eigenvalue weighted by Gasteiger charge is 2.40. The molecular weight excluding hydrogens is 286 g/mol. The van der Waals surface area contributed by atoms with E-state index in [-0.39, 0.29) is 17.2 Å². The Morgan fingerprint density at radius 1 is 1.05 bits per heavy atom. The van der Waals surface area contributed by atoms with Crippen molar-refractivity contribution in [3.8, 4) is 0 Å². The van der Waals surface area contributed by atoms with Gasteiger partial charge in [0.05, 0.1) is 5.25 Å². The number of carbonyl (C=O) groups is 1. The van der Waals surface area contributed by atoms with Crippen molar-refractivity contribution in [2.45, 2.75) is 69.1 Å². The van der Waals surface area contributed by atoms with Gasteiger partial charge >= 0.3 is 0 Å². The van der Waals surface area contributed by atoms with E-state index >= 15 is 0 Å². The monoisotopic (exact) mass is 313 g/mol. The van der Waals surface area contributed by atoms with E-state index in [4.69, 9.17) is 0 Å². The normalized spacial score (nSPS) is 39.4. The Morgan fingerprint density at radius 2 is 1.76 bits per heavy atom. The minimum Gasteiger partial charge on any atom is -0.353 e. The molecule has 3 fully saturated rings. The van der Waals surface area contributed by atoms with Gasteiger partial charge in [-0.15, -0.1) is 0 Å². The molecule has 3 aliphatic carbocycles. The van der Waals surface area contributed by atoms with Gasteiger partial charge in [0.15, 0.2) is 0 Å². The minimum absolute atomic E-state index is 0.189. The standard InChI is InChI=1S/C16H27NO3S/c1-21(19,20)15-6-4-14(5-7-15)17-16(18)10-13-9-11-2-3-12(13)8-11/h11-15H,2-10H2,1H3,(H,17,18)/t11-,12-,13+,14?,15?/m0/s1. The third kappa shape index (κ3) is 3.61.